The molecule has 0 aromatic carbocycles. The average molecular weight is 200 g/mol. The second-order valence-corrected chi connectivity index (χ2v) is 4.91. The molecular formula is C8H12N2O2S. The van der Waals surface area contributed by atoms with Gasteiger partial charge >= 0.3 is 0 Å². The van der Waals surface area contributed by atoms with Gasteiger partial charge in [0.15, 0.2) is 9.84 Å². The van der Waals surface area contributed by atoms with E-state index in [1.54, 1.807) is 19.2 Å². The topological polar surface area (TPSA) is 73.0 Å². The second kappa shape index (κ2) is 3.85. The van der Waals surface area contributed by atoms with Crippen LogP contribution < -0.4 is 5.73 Å². The summed E-state index contributed by atoms with van der Waals surface area (Å²) in [5.74, 6) is 0.0860. The van der Waals surface area contributed by atoms with E-state index in [-0.39, 0.29) is 10.6 Å². The summed E-state index contributed by atoms with van der Waals surface area (Å²) in [6, 6.07) is 1.56. The summed E-state index contributed by atoms with van der Waals surface area (Å²) in [5, 5.41) is 0. The SMILES string of the molecule is CCS(=O)(=O)c1cncc(CN)c1. The van der Waals surface area contributed by atoms with Crippen LogP contribution in [0.3, 0.4) is 0 Å². The quantitative estimate of drug-likeness (QED) is 0.763. The highest BCUT2D eigenvalue weighted by atomic mass is 32.2. The molecule has 2 N–H and O–H groups in total. The van der Waals surface area contributed by atoms with Crippen molar-refractivity contribution in [2.75, 3.05) is 5.75 Å². The molecule has 13 heavy (non-hydrogen) atoms. The first kappa shape index (κ1) is 10.1. The molecule has 0 aliphatic rings. The summed E-state index contributed by atoms with van der Waals surface area (Å²) >= 11 is 0. The van der Waals surface area contributed by atoms with Gasteiger partial charge in [-0.05, 0) is 11.6 Å². The Bertz CT molecular complexity index is 387. The molecule has 0 fully saturated rings. The minimum Gasteiger partial charge on any atom is -0.326 e. The van der Waals surface area contributed by atoms with Crippen molar-refractivity contribution in [2.45, 2.75) is 18.4 Å². The van der Waals surface area contributed by atoms with Crippen LogP contribution in [0.1, 0.15) is 12.5 Å². The van der Waals surface area contributed by atoms with Gasteiger partial charge in [0.1, 0.15) is 0 Å². The van der Waals surface area contributed by atoms with Crippen LogP contribution in [0.15, 0.2) is 23.4 Å². The zero-order chi connectivity index (χ0) is 9.90. The van der Waals surface area contributed by atoms with Crippen LogP contribution in [0.25, 0.3) is 0 Å². The largest absolute Gasteiger partial charge is 0.326 e. The maximum Gasteiger partial charge on any atom is 0.179 e. The van der Waals surface area contributed by atoms with E-state index in [1.807, 2.05) is 0 Å². The molecule has 0 aliphatic carbocycles. The van der Waals surface area contributed by atoms with Gasteiger partial charge in [-0.1, -0.05) is 6.92 Å². The van der Waals surface area contributed by atoms with E-state index < -0.39 is 9.84 Å². The number of hydrogen-bond donors (Lipinski definition) is 1. The van der Waals surface area contributed by atoms with Crippen molar-refractivity contribution in [3.8, 4) is 0 Å². The van der Waals surface area contributed by atoms with Gasteiger partial charge in [0.25, 0.3) is 0 Å². The molecule has 0 atom stereocenters. The molecule has 4 nitrogen and oxygen atoms in total. The van der Waals surface area contributed by atoms with Gasteiger partial charge in [-0.15, -0.1) is 0 Å². The summed E-state index contributed by atoms with van der Waals surface area (Å²) in [4.78, 5) is 4.06. The van der Waals surface area contributed by atoms with Crippen molar-refractivity contribution in [3.05, 3.63) is 24.0 Å². The molecule has 0 saturated heterocycles. The predicted molar refractivity (Wildman–Crippen MR) is 49.9 cm³/mol. The molecule has 0 saturated carbocycles. The molecule has 1 aromatic heterocycles. The smallest absolute Gasteiger partial charge is 0.179 e. The second-order valence-electron chi connectivity index (χ2n) is 2.64. The number of rotatable bonds is 3. The standard InChI is InChI=1S/C8H12N2O2S/c1-2-13(11,12)8-3-7(4-9)5-10-6-8/h3,5-6H,2,4,9H2,1H3. The third-order valence-corrected chi connectivity index (χ3v) is 3.45. The Balaban J connectivity index is 3.17. The van der Waals surface area contributed by atoms with Crippen molar-refractivity contribution in [1.29, 1.82) is 0 Å². The van der Waals surface area contributed by atoms with Gasteiger partial charge < -0.3 is 5.73 Å². The monoisotopic (exact) mass is 200 g/mol. The highest BCUT2D eigenvalue weighted by molar-refractivity contribution is 7.91. The van der Waals surface area contributed by atoms with Gasteiger partial charge in [-0.25, -0.2) is 8.42 Å². The summed E-state index contributed by atoms with van der Waals surface area (Å²) in [6.07, 6.45) is 2.91. The minimum atomic E-state index is -3.15. The lowest BCUT2D eigenvalue weighted by atomic mass is 10.3. The van der Waals surface area contributed by atoms with E-state index >= 15 is 0 Å². The van der Waals surface area contributed by atoms with Crippen LogP contribution in [0, 0.1) is 0 Å². The third-order valence-electron chi connectivity index (χ3n) is 1.74. The highest BCUT2D eigenvalue weighted by Crippen LogP contribution is 2.10. The summed E-state index contributed by atoms with van der Waals surface area (Å²) in [6.45, 7) is 1.91. The molecule has 1 heterocycles. The van der Waals surface area contributed by atoms with Crippen molar-refractivity contribution >= 4 is 9.84 Å². The molecule has 1 aromatic rings. The Morgan fingerprint density at radius 3 is 2.69 bits per heavy atom. The molecule has 0 amide bonds. The van der Waals surface area contributed by atoms with Crippen LogP contribution in [0.2, 0.25) is 0 Å². The molecule has 72 valence electrons. The van der Waals surface area contributed by atoms with E-state index in [0.717, 1.165) is 5.56 Å². The van der Waals surface area contributed by atoms with Crippen molar-refractivity contribution in [1.82, 2.24) is 4.98 Å². The molecule has 0 unspecified atom stereocenters. The van der Waals surface area contributed by atoms with Crippen LogP contribution in [0.4, 0.5) is 0 Å². The zero-order valence-corrected chi connectivity index (χ0v) is 8.21. The highest BCUT2D eigenvalue weighted by Gasteiger charge is 2.11. The first-order valence-corrected chi connectivity index (χ1v) is 5.62. The Morgan fingerprint density at radius 1 is 1.46 bits per heavy atom. The molecule has 0 radical (unpaired) electrons. The number of pyridine rings is 1. The number of aromatic nitrogens is 1. The Morgan fingerprint density at radius 2 is 2.15 bits per heavy atom. The Hall–Kier alpha value is -0.940. The van der Waals surface area contributed by atoms with E-state index in [4.69, 9.17) is 5.73 Å². The molecule has 0 aliphatic heterocycles. The minimum absolute atomic E-state index is 0.0860. The normalized spacial score (nSPS) is 11.5. The van der Waals surface area contributed by atoms with E-state index in [2.05, 4.69) is 4.98 Å². The lowest BCUT2D eigenvalue weighted by Crippen LogP contribution is -2.06. The molecule has 0 spiro atoms. The third kappa shape index (κ3) is 2.26. The lowest BCUT2D eigenvalue weighted by molar-refractivity contribution is 0.596. The maximum absolute atomic E-state index is 11.4. The van der Waals surface area contributed by atoms with Crippen LogP contribution >= 0.6 is 0 Å². The van der Waals surface area contributed by atoms with Gasteiger partial charge in [0.05, 0.1) is 10.6 Å². The Labute approximate surface area is 77.7 Å². The molecule has 1 rings (SSSR count). The van der Waals surface area contributed by atoms with Crippen molar-refractivity contribution in [2.24, 2.45) is 5.73 Å². The lowest BCUT2D eigenvalue weighted by Gasteiger charge is -2.01. The summed E-state index contributed by atoms with van der Waals surface area (Å²) in [5.41, 5.74) is 6.10. The fourth-order valence-electron chi connectivity index (χ4n) is 0.912. The van der Waals surface area contributed by atoms with Crippen molar-refractivity contribution < 1.29 is 8.42 Å². The van der Waals surface area contributed by atoms with Gasteiger partial charge in [-0.2, -0.15) is 0 Å². The predicted octanol–water partition coefficient (Wildman–Crippen LogP) is 0.334. The van der Waals surface area contributed by atoms with Gasteiger partial charge in [0, 0.05) is 18.9 Å². The number of sulfone groups is 1. The average Bonchev–Trinajstić information content (AvgIpc) is 2.18. The van der Waals surface area contributed by atoms with Gasteiger partial charge in [-0.3, -0.25) is 4.98 Å². The van der Waals surface area contributed by atoms with E-state index in [1.165, 1.54) is 6.20 Å². The molecule has 5 heteroatoms. The molecule has 0 bridgehead atoms. The maximum atomic E-state index is 11.4. The summed E-state index contributed by atoms with van der Waals surface area (Å²) in [7, 11) is -3.15. The van der Waals surface area contributed by atoms with E-state index in [0.29, 0.717) is 6.54 Å². The fourth-order valence-corrected chi connectivity index (χ4v) is 1.80. The fraction of sp³-hybridized carbons (Fsp3) is 0.375. The van der Waals surface area contributed by atoms with E-state index in [9.17, 15) is 8.42 Å². The number of hydrogen-bond acceptors (Lipinski definition) is 4. The summed E-state index contributed by atoms with van der Waals surface area (Å²) < 4.78 is 22.8. The molecular weight excluding hydrogens is 188 g/mol. The van der Waals surface area contributed by atoms with Crippen LogP contribution in [-0.4, -0.2) is 19.2 Å². The van der Waals surface area contributed by atoms with Crippen LogP contribution in [0.5, 0.6) is 0 Å². The number of nitrogens with two attached hydrogens (primary N) is 1. The van der Waals surface area contributed by atoms with Gasteiger partial charge in [0.2, 0.25) is 0 Å². The van der Waals surface area contributed by atoms with Crippen molar-refractivity contribution in [3.63, 3.8) is 0 Å². The first-order chi connectivity index (χ1) is 6.10. The first-order valence-electron chi connectivity index (χ1n) is 3.97. The number of nitrogens with zero attached hydrogens (tertiary/aromatic N) is 1. The van der Waals surface area contributed by atoms with Crippen LogP contribution in [-0.2, 0) is 16.4 Å². The Kier molecular flexibility index (Phi) is 3.00. The zero-order valence-electron chi connectivity index (χ0n) is 7.40.